The van der Waals surface area contributed by atoms with E-state index in [1.165, 1.54) is 10.4 Å². The molecule has 0 spiro atoms. The Bertz CT molecular complexity index is 841. The summed E-state index contributed by atoms with van der Waals surface area (Å²) in [4.78, 5) is 0. The molecule has 2 aromatic carbocycles. The fourth-order valence-electron chi connectivity index (χ4n) is 5.25. The molecule has 1 fully saturated rings. The minimum atomic E-state index is -2.61. The Kier molecular flexibility index (Phi) is 9.30. The van der Waals surface area contributed by atoms with E-state index < -0.39 is 20.2 Å². The van der Waals surface area contributed by atoms with Gasteiger partial charge in [-0.15, -0.1) is 6.58 Å². The highest BCUT2D eigenvalue weighted by Crippen LogP contribution is 2.39. The summed E-state index contributed by atoms with van der Waals surface area (Å²) in [6.45, 7) is 11.1. The van der Waals surface area contributed by atoms with Crippen molar-refractivity contribution >= 4 is 18.7 Å². The highest BCUT2D eigenvalue weighted by molar-refractivity contribution is 6.99. The lowest BCUT2D eigenvalue weighted by molar-refractivity contribution is -0.277. The first-order valence-corrected chi connectivity index (χ1v) is 14.4. The van der Waals surface area contributed by atoms with E-state index in [1.807, 2.05) is 0 Å². The van der Waals surface area contributed by atoms with Crippen molar-refractivity contribution in [1.82, 2.24) is 0 Å². The quantitative estimate of drug-likeness (QED) is 0.354. The van der Waals surface area contributed by atoms with Crippen LogP contribution in [0.2, 0.25) is 5.04 Å². The second-order valence-corrected chi connectivity index (χ2v) is 14.7. The maximum absolute atomic E-state index is 10.2. The number of ether oxygens (including phenoxy) is 2. The Labute approximate surface area is 207 Å². The molecule has 34 heavy (non-hydrogen) atoms. The van der Waals surface area contributed by atoms with Crippen LogP contribution >= 0.6 is 0 Å². The van der Waals surface area contributed by atoms with Gasteiger partial charge in [0.25, 0.3) is 8.32 Å². The van der Waals surface area contributed by atoms with E-state index in [9.17, 15) is 5.11 Å². The number of aliphatic hydroxyl groups excluding tert-OH is 1. The zero-order valence-electron chi connectivity index (χ0n) is 21.3. The Morgan fingerprint density at radius 3 is 2.21 bits per heavy atom. The fourth-order valence-corrected chi connectivity index (χ4v) is 9.84. The summed E-state index contributed by atoms with van der Waals surface area (Å²) in [5.74, 6) is -0.667. The van der Waals surface area contributed by atoms with E-state index in [0.29, 0.717) is 25.9 Å². The number of aliphatic hydroxyl groups is 1. The van der Waals surface area contributed by atoms with Crippen molar-refractivity contribution in [2.24, 2.45) is 0 Å². The van der Waals surface area contributed by atoms with Gasteiger partial charge in [-0.25, -0.2) is 0 Å². The molecule has 4 nitrogen and oxygen atoms in total. The molecule has 1 saturated heterocycles. The highest BCUT2D eigenvalue weighted by atomic mass is 28.4. The lowest BCUT2D eigenvalue weighted by atomic mass is 9.95. The van der Waals surface area contributed by atoms with Gasteiger partial charge in [0.1, 0.15) is 0 Å². The Balaban J connectivity index is 1.85. The van der Waals surface area contributed by atoms with Crippen LogP contribution in [0.15, 0.2) is 73.3 Å². The molecule has 1 heterocycles. The average molecular weight is 483 g/mol. The monoisotopic (exact) mass is 482 g/mol. The summed E-state index contributed by atoms with van der Waals surface area (Å²) in [7, 11) is -0.895. The minimum Gasteiger partial charge on any atom is -0.405 e. The van der Waals surface area contributed by atoms with Gasteiger partial charge >= 0.3 is 0 Å². The van der Waals surface area contributed by atoms with Crippen molar-refractivity contribution in [1.29, 1.82) is 0 Å². The van der Waals surface area contributed by atoms with Gasteiger partial charge in [-0.1, -0.05) is 87.5 Å². The fraction of sp³-hybridized carbons (Fsp3) is 0.517. The van der Waals surface area contributed by atoms with Crippen molar-refractivity contribution in [3.8, 4) is 0 Å². The Morgan fingerprint density at radius 2 is 1.71 bits per heavy atom. The molecule has 3 rings (SSSR count). The summed E-state index contributed by atoms with van der Waals surface area (Å²) < 4.78 is 19.6. The molecular formula is C29H42O4Si. The van der Waals surface area contributed by atoms with Gasteiger partial charge in [0.05, 0.1) is 18.8 Å². The molecule has 0 aromatic heterocycles. The van der Waals surface area contributed by atoms with Crippen molar-refractivity contribution in [3.63, 3.8) is 0 Å². The molecule has 1 N–H and O–H groups in total. The van der Waals surface area contributed by atoms with Crippen LogP contribution < -0.4 is 10.4 Å². The lowest BCUT2D eigenvalue weighted by Crippen LogP contribution is -2.67. The molecule has 1 aliphatic rings. The Hall–Kier alpha value is -1.76. The van der Waals surface area contributed by atoms with Gasteiger partial charge < -0.3 is 19.0 Å². The van der Waals surface area contributed by atoms with Crippen LogP contribution in [0.3, 0.4) is 0 Å². The number of hydrogen-bond donors (Lipinski definition) is 1. The zero-order valence-corrected chi connectivity index (χ0v) is 22.3. The van der Waals surface area contributed by atoms with Gasteiger partial charge in [0, 0.05) is 20.0 Å². The third-order valence-electron chi connectivity index (χ3n) is 7.04. The van der Waals surface area contributed by atoms with Gasteiger partial charge in [0.2, 0.25) is 0 Å². The molecule has 3 atom stereocenters. The van der Waals surface area contributed by atoms with Crippen molar-refractivity contribution in [2.75, 3.05) is 13.7 Å². The first kappa shape index (κ1) is 26.8. The highest BCUT2D eigenvalue weighted by Gasteiger charge is 2.51. The summed E-state index contributed by atoms with van der Waals surface area (Å²) in [5, 5.41) is 12.7. The van der Waals surface area contributed by atoms with Gasteiger partial charge in [-0.2, -0.15) is 0 Å². The first-order chi connectivity index (χ1) is 16.3. The largest absolute Gasteiger partial charge is 0.405 e. The predicted octanol–water partition coefficient (Wildman–Crippen LogP) is 5.19. The molecule has 5 heteroatoms. The molecule has 0 saturated carbocycles. The minimum absolute atomic E-state index is 0.0492. The summed E-state index contributed by atoms with van der Waals surface area (Å²) in [6, 6.07) is 21.4. The van der Waals surface area contributed by atoms with Crippen LogP contribution in [0.25, 0.3) is 0 Å². The molecule has 0 bridgehead atoms. The maximum Gasteiger partial charge on any atom is 0.261 e. The van der Waals surface area contributed by atoms with E-state index in [1.54, 1.807) is 13.2 Å². The Morgan fingerprint density at radius 1 is 1.12 bits per heavy atom. The van der Waals surface area contributed by atoms with Crippen LogP contribution in [-0.4, -0.2) is 45.1 Å². The molecule has 1 aliphatic heterocycles. The van der Waals surface area contributed by atoms with Crippen LogP contribution in [0.1, 0.15) is 59.3 Å². The van der Waals surface area contributed by atoms with Crippen LogP contribution in [-0.2, 0) is 13.9 Å². The molecular weight excluding hydrogens is 440 g/mol. The zero-order chi connectivity index (χ0) is 24.7. The average Bonchev–Trinajstić information content (AvgIpc) is 2.84. The van der Waals surface area contributed by atoms with E-state index in [-0.39, 0.29) is 11.1 Å². The van der Waals surface area contributed by atoms with Gasteiger partial charge in [-0.05, 0) is 41.1 Å². The van der Waals surface area contributed by atoms with Gasteiger partial charge in [-0.3, -0.25) is 0 Å². The van der Waals surface area contributed by atoms with E-state index in [0.717, 1.165) is 19.3 Å². The molecule has 0 radical (unpaired) electrons. The SMILES string of the molecule is C=CC[C@@H](O)CC[C@@]1(OC)CCC[C@@H](CO[Si](c2ccccc2)(c2ccccc2)C(C)(C)C)O1. The molecule has 2 aromatic rings. The van der Waals surface area contributed by atoms with Crippen LogP contribution in [0, 0.1) is 0 Å². The summed E-state index contributed by atoms with van der Waals surface area (Å²) in [5.41, 5.74) is 0. The van der Waals surface area contributed by atoms with Crippen molar-refractivity contribution in [2.45, 2.75) is 82.3 Å². The maximum atomic E-state index is 10.2. The topological polar surface area (TPSA) is 47.9 Å². The van der Waals surface area contributed by atoms with Gasteiger partial charge in [0.15, 0.2) is 5.79 Å². The third kappa shape index (κ3) is 6.07. The van der Waals surface area contributed by atoms with E-state index in [4.69, 9.17) is 13.9 Å². The van der Waals surface area contributed by atoms with E-state index in [2.05, 4.69) is 88.0 Å². The molecule has 186 valence electrons. The number of rotatable bonds is 11. The third-order valence-corrected chi connectivity index (χ3v) is 12.0. The van der Waals surface area contributed by atoms with Crippen LogP contribution in [0.4, 0.5) is 0 Å². The second kappa shape index (κ2) is 11.8. The lowest BCUT2D eigenvalue weighted by Gasteiger charge is -2.45. The predicted molar refractivity (Wildman–Crippen MR) is 142 cm³/mol. The normalized spacial score (nSPS) is 22.3. The molecule has 0 aliphatic carbocycles. The van der Waals surface area contributed by atoms with E-state index >= 15 is 0 Å². The smallest absolute Gasteiger partial charge is 0.261 e. The number of hydrogen-bond acceptors (Lipinski definition) is 4. The molecule has 0 unspecified atom stereocenters. The molecule has 0 amide bonds. The van der Waals surface area contributed by atoms with Crippen molar-refractivity contribution < 1.29 is 19.0 Å². The summed E-state index contributed by atoms with van der Waals surface area (Å²) >= 11 is 0. The van der Waals surface area contributed by atoms with Crippen molar-refractivity contribution in [3.05, 3.63) is 73.3 Å². The second-order valence-electron chi connectivity index (χ2n) is 10.4. The van der Waals surface area contributed by atoms with Crippen LogP contribution in [0.5, 0.6) is 0 Å². The number of benzene rings is 2. The number of methoxy groups -OCH3 is 1. The summed E-state index contributed by atoms with van der Waals surface area (Å²) in [6.07, 6.45) is 5.95. The first-order valence-electron chi connectivity index (χ1n) is 12.5. The standard InChI is InChI=1S/C29H42O4Si/c1-6-14-24(30)20-22-29(31-5)21-13-15-25(33-29)23-32-34(28(2,3)4,26-16-9-7-10-17-26)27-18-11-8-12-19-27/h6-12,16-19,24-25,30H,1,13-15,20-23H2,2-5H3/t24-,25+,29-/m1/s1.